The Morgan fingerprint density at radius 1 is 1.22 bits per heavy atom. The molecule has 1 N–H and O–H groups in total. The van der Waals surface area contributed by atoms with Crippen LogP contribution in [-0.2, 0) is 21.2 Å². The van der Waals surface area contributed by atoms with Crippen molar-refractivity contribution in [2.24, 2.45) is 0 Å². The molecule has 1 aliphatic heterocycles. The molecule has 1 fully saturated rings. The van der Waals surface area contributed by atoms with E-state index in [0.717, 1.165) is 12.8 Å². The summed E-state index contributed by atoms with van der Waals surface area (Å²) in [4.78, 5) is 12.3. The predicted molar refractivity (Wildman–Crippen MR) is 89.7 cm³/mol. The lowest BCUT2D eigenvalue weighted by Crippen LogP contribution is -2.46. The standard InChI is InChI=1S/C17H24N2O3S/c1-23(21,22)19-10-8-15(9-11-19)18-17(20)12-14-7-6-13-4-2-3-5-16(13)14/h2-5,14-15H,6-12H2,1H3,(H,18,20)/t14-/m0/s1. The quantitative estimate of drug-likeness (QED) is 0.909. The topological polar surface area (TPSA) is 66.5 Å². The van der Waals surface area contributed by atoms with Gasteiger partial charge < -0.3 is 5.32 Å². The van der Waals surface area contributed by atoms with Gasteiger partial charge in [-0.15, -0.1) is 0 Å². The smallest absolute Gasteiger partial charge is 0.220 e. The minimum atomic E-state index is -3.11. The summed E-state index contributed by atoms with van der Waals surface area (Å²) in [6.07, 6.45) is 5.26. The molecule has 3 rings (SSSR count). The van der Waals surface area contributed by atoms with Crippen LogP contribution in [0.1, 0.15) is 42.7 Å². The van der Waals surface area contributed by atoms with Gasteiger partial charge in [0, 0.05) is 25.6 Å². The molecular weight excluding hydrogens is 312 g/mol. The summed E-state index contributed by atoms with van der Waals surface area (Å²) < 4.78 is 24.5. The van der Waals surface area contributed by atoms with Crippen LogP contribution in [0.4, 0.5) is 0 Å². The third-order valence-electron chi connectivity index (χ3n) is 4.98. The van der Waals surface area contributed by atoms with Crippen LogP contribution >= 0.6 is 0 Å². The monoisotopic (exact) mass is 336 g/mol. The van der Waals surface area contributed by atoms with Gasteiger partial charge in [0.15, 0.2) is 0 Å². The van der Waals surface area contributed by atoms with Gasteiger partial charge in [0.05, 0.1) is 6.26 Å². The minimum Gasteiger partial charge on any atom is -0.353 e. The van der Waals surface area contributed by atoms with Crippen LogP contribution in [-0.4, -0.2) is 44.0 Å². The Morgan fingerprint density at radius 2 is 1.91 bits per heavy atom. The molecule has 0 unspecified atom stereocenters. The van der Waals surface area contributed by atoms with Crippen molar-refractivity contribution in [2.75, 3.05) is 19.3 Å². The Bertz CT molecular complexity index is 679. The van der Waals surface area contributed by atoms with E-state index in [9.17, 15) is 13.2 Å². The minimum absolute atomic E-state index is 0.0875. The van der Waals surface area contributed by atoms with E-state index in [1.165, 1.54) is 21.7 Å². The highest BCUT2D eigenvalue weighted by atomic mass is 32.2. The lowest BCUT2D eigenvalue weighted by molar-refractivity contribution is -0.122. The van der Waals surface area contributed by atoms with E-state index in [1.54, 1.807) is 0 Å². The molecule has 0 spiro atoms. The molecule has 23 heavy (non-hydrogen) atoms. The number of fused-ring (bicyclic) bond motifs is 1. The van der Waals surface area contributed by atoms with Crippen molar-refractivity contribution >= 4 is 15.9 Å². The largest absolute Gasteiger partial charge is 0.353 e. The number of piperidine rings is 1. The van der Waals surface area contributed by atoms with E-state index in [4.69, 9.17) is 0 Å². The zero-order valence-electron chi connectivity index (χ0n) is 13.5. The van der Waals surface area contributed by atoms with Crippen molar-refractivity contribution in [3.63, 3.8) is 0 Å². The summed E-state index contributed by atoms with van der Waals surface area (Å²) in [5.41, 5.74) is 2.68. The van der Waals surface area contributed by atoms with Gasteiger partial charge in [-0.2, -0.15) is 0 Å². The molecule has 1 atom stereocenters. The fourth-order valence-corrected chi connectivity index (χ4v) is 4.57. The van der Waals surface area contributed by atoms with Gasteiger partial charge >= 0.3 is 0 Å². The maximum Gasteiger partial charge on any atom is 0.220 e. The number of sulfonamides is 1. The average molecular weight is 336 g/mol. The van der Waals surface area contributed by atoms with Crippen LogP contribution in [0.2, 0.25) is 0 Å². The summed E-state index contributed by atoms with van der Waals surface area (Å²) in [5, 5.41) is 3.09. The molecule has 0 radical (unpaired) electrons. The Kier molecular flexibility index (Phi) is 4.73. The van der Waals surface area contributed by atoms with Gasteiger partial charge in [-0.25, -0.2) is 12.7 Å². The highest BCUT2D eigenvalue weighted by molar-refractivity contribution is 7.88. The molecule has 1 amide bonds. The van der Waals surface area contributed by atoms with Crippen molar-refractivity contribution in [3.05, 3.63) is 35.4 Å². The summed E-state index contributed by atoms with van der Waals surface area (Å²) in [6.45, 7) is 0.992. The second-order valence-corrected chi connectivity index (χ2v) is 8.62. The average Bonchev–Trinajstić information content (AvgIpc) is 2.90. The maximum atomic E-state index is 12.3. The lowest BCUT2D eigenvalue weighted by atomic mass is 9.97. The number of benzene rings is 1. The second-order valence-electron chi connectivity index (χ2n) is 6.64. The molecule has 5 nitrogen and oxygen atoms in total. The van der Waals surface area contributed by atoms with Gasteiger partial charge in [-0.3, -0.25) is 4.79 Å². The Labute approximate surface area is 138 Å². The van der Waals surface area contributed by atoms with Crippen LogP contribution in [0.3, 0.4) is 0 Å². The van der Waals surface area contributed by atoms with Gasteiger partial charge in [0.1, 0.15) is 0 Å². The van der Waals surface area contributed by atoms with Crippen LogP contribution in [0, 0.1) is 0 Å². The molecule has 6 heteroatoms. The van der Waals surface area contributed by atoms with Crippen LogP contribution in [0.25, 0.3) is 0 Å². The first-order chi connectivity index (χ1) is 10.9. The zero-order valence-corrected chi connectivity index (χ0v) is 14.3. The number of carbonyl (C=O) groups is 1. The summed E-state index contributed by atoms with van der Waals surface area (Å²) in [5.74, 6) is 0.409. The summed E-state index contributed by atoms with van der Waals surface area (Å²) in [6, 6.07) is 8.46. The van der Waals surface area contributed by atoms with Crippen LogP contribution in [0.5, 0.6) is 0 Å². The van der Waals surface area contributed by atoms with E-state index in [0.29, 0.717) is 38.3 Å². The van der Waals surface area contributed by atoms with Gasteiger partial charge in [0.2, 0.25) is 15.9 Å². The molecule has 0 saturated carbocycles. The van der Waals surface area contributed by atoms with Crippen molar-refractivity contribution in [1.29, 1.82) is 0 Å². The van der Waals surface area contributed by atoms with E-state index < -0.39 is 10.0 Å². The molecule has 1 aliphatic carbocycles. The van der Waals surface area contributed by atoms with Crippen molar-refractivity contribution < 1.29 is 13.2 Å². The third kappa shape index (κ3) is 3.93. The second kappa shape index (κ2) is 6.61. The Morgan fingerprint density at radius 3 is 2.61 bits per heavy atom. The molecule has 0 bridgehead atoms. The number of nitrogens with one attached hydrogen (secondary N) is 1. The Balaban J connectivity index is 1.50. The molecule has 2 aliphatic rings. The van der Waals surface area contributed by atoms with Gasteiger partial charge in [0.25, 0.3) is 0 Å². The first-order valence-corrected chi connectivity index (χ1v) is 10.1. The lowest BCUT2D eigenvalue weighted by Gasteiger charge is -2.30. The van der Waals surface area contributed by atoms with E-state index >= 15 is 0 Å². The fourth-order valence-electron chi connectivity index (χ4n) is 3.70. The molecule has 0 aromatic heterocycles. The molecule has 1 heterocycles. The first-order valence-electron chi connectivity index (χ1n) is 8.26. The van der Waals surface area contributed by atoms with Gasteiger partial charge in [-0.05, 0) is 42.7 Å². The number of amides is 1. The number of hydrogen-bond donors (Lipinski definition) is 1. The molecule has 126 valence electrons. The number of aryl methyl sites for hydroxylation is 1. The number of rotatable bonds is 4. The predicted octanol–water partition coefficient (Wildman–Crippen LogP) is 1.65. The zero-order chi connectivity index (χ0) is 16.4. The number of carbonyl (C=O) groups excluding carboxylic acids is 1. The molecule has 1 saturated heterocycles. The van der Waals surface area contributed by atoms with Crippen LogP contribution < -0.4 is 5.32 Å². The molecule has 1 aromatic carbocycles. The summed E-state index contributed by atoms with van der Waals surface area (Å²) in [7, 11) is -3.11. The SMILES string of the molecule is CS(=O)(=O)N1CCC(NC(=O)C[C@@H]2CCc3ccccc32)CC1. The van der Waals surface area contributed by atoms with E-state index in [1.807, 2.05) is 6.07 Å². The third-order valence-corrected chi connectivity index (χ3v) is 6.28. The first kappa shape index (κ1) is 16.5. The van der Waals surface area contributed by atoms with E-state index in [-0.39, 0.29) is 11.9 Å². The normalized spacial score (nSPS) is 22.7. The van der Waals surface area contributed by atoms with Crippen molar-refractivity contribution in [2.45, 2.75) is 44.1 Å². The Hall–Kier alpha value is -1.40. The number of hydrogen-bond acceptors (Lipinski definition) is 3. The highest BCUT2D eigenvalue weighted by Crippen LogP contribution is 2.35. The van der Waals surface area contributed by atoms with Crippen molar-refractivity contribution in [3.8, 4) is 0 Å². The summed E-state index contributed by atoms with van der Waals surface area (Å²) >= 11 is 0. The van der Waals surface area contributed by atoms with Crippen LogP contribution in [0.15, 0.2) is 24.3 Å². The van der Waals surface area contributed by atoms with E-state index in [2.05, 4.69) is 23.5 Å². The van der Waals surface area contributed by atoms with Crippen molar-refractivity contribution in [1.82, 2.24) is 9.62 Å². The number of nitrogens with zero attached hydrogens (tertiary/aromatic N) is 1. The highest BCUT2D eigenvalue weighted by Gasteiger charge is 2.28. The van der Waals surface area contributed by atoms with Gasteiger partial charge in [-0.1, -0.05) is 24.3 Å². The fraction of sp³-hybridized carbons (Fsp3) is 0.588. The molecule has 1 aromatic rings. The maximum absolute atomic E-state index is 12.3. The molecular formula is C17H24N2O3S.